The van der Waals surface area contributed by atoms with Gasteiger partial charge in [0, 0.05) is 13.1 Å². The number of nitrogens with one attached hydrogen (secondary N) is 4. The van der Waals surface area contributed by atoms with Gasteiger partial charge in [-0.15, -0.1) is 0 Å². The highest BCUT2D eigenvalue weighted by Gasteiger charge is 2.05. The Morgan fingerprint density at radius 2 is 1.25 bits per heavy atom. The minimum Gasteiger partial charge on any atom is -0.362 e. The van der Waals surface area contributed by atoms with E-state index in [1.54, 1.807) is 0 Å². The van der Waals surface area contributed by atoms with Crippen LogP contribution in [0.2, 0.25) is 0 Å². The summed E-state index contributed by atoms with van der Waals surface area (Å²) in [7, 11) is 0. The summed E-state index contributed by atoms with van der Waals surface area (Å²) in [4.78, 5) is 14.0. The molecule has 8 nitrogen and oxygen atoms in total. The first-order valence-electron chi connectivity index (χ1n) is 8.82. The van der Waals surface area contributed by atoms with Crippen LogP contribution >= 0.6 is 24.4 Å². The van der Waals surface area contributed by atoms with Gasteiger partial charge in [0.1, 0.15) is 5.78 Å². The maximum atomic E-state index is 9.44. The lowest BCUT2D eigenvalue weighted by Gasteiger charge is -2.07. The molecule has 0 saturated heterocycles. The van der Waals surface area contributed by atoms with Crippen molar-refractivity contribution in [3.63, 3.8) is 0 Å². The molecule has 1 heterocycles. The van der Waals surface area contributed by atoms with Crippen LogP contribution in [0.15, 0.2) is 28.4 Å². The quantitative estimate of drug-likeness (QED) is 0.313. The van der Waals surface area contributed by atoms with E-state index in [9.17, 15) is 4.79 Å². The zero-order chi connectivity index (χ0) is 21.5. The van der Waals surface area contributed by atoms with Gasteiger partial charge >= 0.3 is 0 Å². The first-order valence-corrected chi connectivity index (χ1v) is 9.64. The molecule has 0 aliphatic rings. The summed E-state index contributed by atoms with van der Waals surface area (Å²) >= 11 is 10.1. The molecule has 0 aliphatic carbocycles. The summed E-state index contributed by atoms with van der Waals surface area (Å²) < 4.78 is 0. The standard InChI is InChI=1S/C15H23N7S2.C3H6O/c1-5-16-14(23)21-19-10(3)12-8-7-9-13(18-12)11(4)20-22-15(24)17-6-2;1-3(2)4/h7-9H,5-6H2,1-4H3,(H2,16,21,23)(H2,17,22,24);1-2H3/b19-10-,20-11+;. The number of carbonyl (C=O) groups is 1. The van der Waals surface area contributed by atoms with E-state index in [4.69, 9.17) is 24.4 Å². The first kappa shape index (κ1) is 25.5. The van der Waals surface area contributed by atoms with Gasteiger partial charge < -0.3 is 15.4 Å². The average molecular weight is 424 g/mol. The molecule has 0 saturated carbocycles. The van der Waals surface area contributed by atoms with Crippen molar-refractivity contribution in [1.82, 2.24) is 26.5 Å². The largest absolute Gasteiger partial charge is 0.362 e. The molecule has 1 aromatic heterocycles. The molecular formula is C18H29N7OS2. The molecule has 0 bridgehead atoms. The highest BCUT2D eigenvalue weighted by molar-refractivity contribution is 7.80. The molecule has 0 amide bonds. The van der Waals surface area contributed by atoms with Crippen molar-refractivity contribution in [2.75, 3.05) is 13.1 Å². The van der Waals surface area contributed by atoms with Gasteiger partial charge in [0.05, 0.1) is 22.8 Å². The molecule has 0 fully saturated rings. The van der Waals surface area contributed by atoms with E-state index in [1.165, 1.54) is 13.8 Å². The van der Waals surface area contributed by atoms with Gasteiger partial charge in [-0.1, -0.05) is 6.07 Å². The van der Waals surface area contributed by atoms with Crippen molar-refractivity contribution >= 4 is 51.9 Å². The monoisotopic (exact) mass is 423 g/mol. The Hall–Kier alpha value is -2.46. The normalized spacial score (nSPS) is 10.9. The fourth-order valence-electron chi connectivity index (χ4n) is 1.62. The zero-order valence-electron chi connectivity index (χ0n) is 17.2. The van der Waals surface area contributed by atoms with Crippen LogP contribution in [0.4, 0.5) is 0 Å². The van der Waals surface area contributed by atoms with E-state index in [0.717, 1.165) is 35.9 Å². The number of hydrogen-bond donors (Lipinski definition) is 4. The maximum Gasteiger partial charge on any atom is 0.186 e. The van der Waals surface area contributed by atoms with E-state index in [-0.39, 0.29) is 5.78 Å². The number of hydrogen-bond acceptors (Lipinski definition) is 6. The molecule has 1 rings (SSSR count). The van der Waals surface area contributed by atoms with Gasteiger partial charge in [-0.2, -0.15) is 10.2 Å². The third kappa shape index (κ3) is 12.0. The van der Waals surface area contributed by atoms with Crippen LogP contribution in [0.3, 0.4) is 0 Å². The number of thiocarbonyl (C=S) groups is 2. The van der Waals surface area contributed by atoms with E-state index >= 15 is 0 Å². The summed E-state index contributed by atoms with van der Waals surface area (Å²) in [6, 6.07) is 5.66. The van der Waals surface area contributed by atoms with Crippen LogP contribution in [0, 0.1) is 0 Å². The van der Waals surface area contributed by atoms with E-state index < -0.39 is 0 Å². The second-order valence-electron chi connectivity index (χ2n) is 5.65. The summed E-state index contributed by atoms with van der Waals surface area (Å²) in [5, 5.41) is 15.3. The second kappa shape index (κ2) is 14.6. The molecule has 0 aliphatic heterocycles. The minimum absolute atomic E-state index is 0.167. The molecule has 4 N–H and O–H groups in total. The third-order valence-electron chi connectivity index (χ3n) is 2.82. The number of nitrogens with zero attached hydrogens (tertiary/aromatic N) is 3. The fraction of sp³-hybridized carbons (Fsp3) is 0.444. The number of ketones is 1. The van der Waals surface area contributed by atoms with Crippen molar-refractivity contribution in [2.24, 2.45) is 10.2 Å². The summed E-state index contributed by atoms with van der Waals surface area (Å²) in [5.41, 5.74) is 8.49. The van der Waals surface area contributed by atoms with Crippen LogP contribution in [0.5, 0.6) is 0 Å². The van der Waals surface area contributed by atoms with Crippen LogP contribution in [-0.2, 0) is 4.79 Å². The molecule has 0 unspecified atom stereocenters. The Kier molecular flexibility index (Phi) is 13.3. The molecule has 10 heteroatoms. The van der Waals surface area contributed by atoms with E-state index in [0.29, 0.717) is 10.2 Å². The zero-order valence-corrected chi connectivity index (χ0v) is 18.8. The predicted octanol–water partition coefficient (Wildman–Crippen LogP) is 2.09. The highest BCUT2D eigenvalue weighted by atomic mass is 32.1. The predicted molar refractivity (Wildman–Crippen MR) is 124 cm³/mol. The Labute approximate surface area is 177 Å². The molecule has 1 aromatic rings. The molecule has 0 spiro atoms. The lowest BCUT2D eigenvalue weighted by molar-refractivity contribution is -0.114. The summed E-state index contributed by atoms with van der Waals surface area (Å²) in [6.45, 7) is 12.2. The number of carbonyl (C=O) groups excluding carboxylic acids is 1. The number of pyridine rings is 1. The van der Waals surface area contributed by atoms with Crippen molar-refractivity contribution in [1.29, 1.82) is 0 Å². The summed E-state index contributed by atoms with van der Waals surface area (Å²) in [6.07, 6.45) is 0. The number of hydrazone groups is 2. The van der Waals surface area contributed by atoms with Gasteiger partial charge in [-0.05, 0) is 78.1 Å². The van der Waals surface area contributed by atoms with Gasteiger partial charge in [0.25, 0.3) is 0 Å². The lowest BCUT2D eigenvalue weighted by Crippen LogP contribution is -2.32. The van der Waals surface area contributed by atoms with E-state index in [1.807, 2.05) is 45.9 Å². The average Bonchev–Trinajstić information content (AvgIpc) is 2.64. The fourth-order valence-corrected chi connectivity index (χ4v) is 2.00. The van der Waals surface area contributed by atoms with Crippen molar-refractivity contribution in [3.05, 3.63) is 29.6 Å². The number of Topliss-reactive ketones (excluding diaryl/α,β-unsaturated/α-hetero) is 1. The van der Waals surface area contributed by atoms with Gasteiger partial charge in [-0.3, -0.25) is 10.9 Å². The van der Waals surface area contributed by atoms with Crippen molar-refractivity contribution in [3.8, 4) is 0 Å². The molecule has 0 radical (unpaired) electrons. The van der Waals surface area contributed by atoms with Gasteiger partial charge in [0.15, 0.2) is 10.2 Å². The van der Waals surface area contributed by atoms with E-state index in [2.05, 4.69) is 36.7 Å². The van der Waals surface area contributed by atoms with Crippen LogP contribution in [0.25, 0.3) is 0 Å². The maximum absolute atomic E-state index is 9.44. The molecule has 0 aromatic carbocycles. The van der Waals surface area contributed by atoms with Gasteiger partial charge in [-0.25, -0.2) is 4.98 Å². The second-order valence-corrected chi connectivity index (χ2v) is 6.47. The van der Waals surface area contributed by atoms with Gasteiger partial charge in [0.2, 0.25) is 0 Å². The third-order valence-corrected chi connectivity index (χ3v) is 3.29. The Balaban J connectivity index is 0.00000165. The number of aromatic nitrogens is 1. The molecule has 0 atom stereocenters. The lowest BCUT2D eigenvalue weighted by atomic mass is 10.2. The Morgan fingerprint density at radius 1 is 0.893 bits per heavy atom. The van der Waals surface area contributed by atoms with Crippen molar-refractivity contribution in [2.45, 2.75) is 41.5 Å². The molecule has 154 valence electrons. The highest BCUT2D eigenvalue weighted by Crippen LogP contribution is 2.02. The van der Waals surface area contributed by atoms with Crippen molar-refractivity contribution < 1.29 is 4.79 Å². The first-order chi connectivity index (χ1) is 13.2. The van der Waals surface area contributed by atoms with Crippen LogP contribution < -0.4 is 21.5 Å². The smallest absolute Gasteiger partial charge is 0.186 e. The molecule has 28 heavy (non-hydrogen) atoms. The SMILES string of the molecule is CC(C)=O.CCNC(=S)N/N=C(/C)c1cccc(/C(C)=N/NC(=S)NCC)n1. The summed E-state index contributed by atoms with van der Waals surface area (Å²) in [5.74, 6) is 0.167. The Bertz CT molecular complexity index is 677. The van der Waals surface area contributed by atoms with Crippen LogP contribution in [-0.4, -0.2) is 45.5 Å². The molecular weight excluding hydrogens is 394 g/mol. The number of rotatable bonds is 6. The minimum atomic E-state index is 0.167. The topological polar surface area (TPSA) is 103 Å². The Morgan fingerprint density at radius 3 is 1.57 bits per heavy atom. The van der Waals surface area contributed by atoms with Crippen LogP contribution in [0.1, 0.15) is 52.9 Å².